The number of rotatable bonds is 5. The normalized spacial score (nSPS) is 15.6. The van der Waals surface area contributed by atoms with Crippen LogP contribution < -0.4 is 0 Å². The fourth-order valence-corrected chi connectivity index (χ4v) is 1.46. The van der Waals surface area contributed by atoms with Crippen LogP contribution in [0.15, 0.2) is 11.6 Å². The summed E-state index contributed by atoms with van der Waals surface area (Å²) >= 11 is 0. The highest BCUT2D eigenvalue weighted by molar-refractivity contribution is 4.93. The summed E-state index contributed by atoms with van der Waals surface area (Å²) in [6, 6.07) is 0. The molecule has 0 spiro atoms. The molecule has 0 aliphatic carbocycles. The number of hydrogen-bond donors (Lipinski definition) is 1. The monoisotopic (exact) mass is 184 g/mol. The van der Waals surface area contributed by atoms with Gasteiger partial charge in [-0.25, -0.2) is 0 Å². The SMILES string of the molecule is CC(C)=CCC[C@H](C)[C@@H](O)C(C)C. The summed E-state index contributed by atoms with van der Waals surface area (Å²) in [4.78, 5) is 0. The van der Waals surface area contributed by atoms with Crippen molar-refractivity contribution < 1.29 is 5.11 Å². The van der Waals surface area contributed by atoms with Crippen molar-refractivity contribution in [3.8, 4) is 0 Å². The van der Waals surface area contributed by atoms with Gasteiger partial charge in [-0.2, -0.15) is 0 Å². The average molecular weight is 184 g/mol. The molecule has 0 rings (SSSR count). The van der Waals surface area contributed by atoms with Crippen molar-refractivity contribution in [3.63, 3.8) is 0 Å². The molecular formula is C12H24O. The fraction of sp³-hybridized carbons (Fsp3) is 0.833. The summed E-state index contributed by atoms with van der Waals surface area (Å²) in [7, 11) is 0. The van der Waals surface area contributed by atoms with Gasteiger partial charge in [0.2, 0.25) is 0 Å². The van der Waals surface area contributed by atoms with E-state index in [1.807, 2.05) is 0 Å². The molecule has 0 fully saturated rings. The molecule has 0 saturated heterocycles. The van der Waals surface area contributed by atoms with E-state index < -0.39 is 0 Å². The summed E-state index contributed by atoms with van der Waals surface area (Å²) in [5.74, 6) is 0.789. The van der Waals surface area contributed by atoms with E-state index in [2.05, 4.69) is 40.7 Å². The van der Waals surface area contributed by atoms with Crippen LogP contribution in [0, 0.1) is 11.8 Å². The zero-order valence-electron chi connectivity index (χ0n) is 9.67. The van der Waals surface area contributed by atoms with Crippen LogP contribution in [0.5, 0.6) is 0 Å². The Hall–Kier alpha value is -0.300. The molecule has 13 heavy (non-hydrogen) atoms. The number of aliphatic hydroxyl groups excluding tert-OH is 1. The molecule has 0 aromatic rings. The van der Waals surface area contributed by atoms with E-state index in [1.54, 1.807) is 0 Å². The molecule has 1 heteroatoms. The largest absolute Gasteiger partial charge is 0.393 e. The Kier molecular flexibility index (Phi) is 6.06. The maximum absolute atomic E-state index is 9.74. The minimum Gasteiger partial charge on any atom is -0.393 e. The zero-order chi connectivity index (χ0) is 10.4. The first kappa shape index (κ1) is 12.7. The molecule has 0 saturated carbocycles. The highest BCUT2D eigenvalue weighted by Crippen LogP contribution is 2.17. The van der Waals surface area contributed by atoms with E-state index in [1.165, 1.54) is 5.57 Å². The Labute approximate surface area is 82.9 Å². The van der Waals surface area contributed by atoms with Gasteiger partial charge in [-0.15, -0.1) is 0 Å². The standard InChI is InChI=1S/C12H24O/c1-9(2)7-6-8-11(5)12(13)10(3)4/h7,10-13H,6,8H2,1-5H3/t11-,12-/m0/s1. The molecule has 0 bridgehead atoms. The van der Waals surface area contributed by atoms with Gasteiger partial charge in [-0.05, 0) is 38.5 Å². The van der Waals surface area contributed by atoms with Gasteiger partial charge in [0, 0.05) is 0 Å². The van der Waals surface area contributed by atoms with E-state index in [9.17, 15) is 5.11 Å². The molecule has 78 valence electrons. The van der Waals surface area contributed by atoms with E-state index in [-0.39, 0.29) is 6.10 Å². The van der Waals surface area contributed by atoms with Gasteiger partial charge in [-0.1, -0.05) is 32.4 Å². The third-order valence-electron chi connectivity index (χ3n) is 2.44. The van der Waals surface area contributed by atoms with Crippen LogP contribution in [-0.4, -0.2) is 11.2 Å². The second-order valence-electron chi connectivity index (χ2n) is 4.57. The summed E-state index contributed by atoms with van der Waals surface area (Å²) in [6.45, 7) is 10.5. The number of allylic oxidation sites excluding steroid dienone is 2. The smallest absolute Gasteiger partial charge is 0.0588 e. The Morgan fingerprint density at radius 3 is 2.15 bits per heavy atom. The lowest BCUT2D eigenvalue weighted by atomic mass is 9.91. The van der Waals surface area contributed by atoms with E-state index in [4.69, 9.17) is 0 Å². The summed E-state index contributed by atoms with van der Waals surface area (Å²) in [5.41, 5.74) is 1.37. The van der Waals surface area contributed by atoms with Crippen molar-refractivity contribution in [2.24, 2.45) is 11.8 Å². The maximum atomic E-state index is 9.74. The minimum absolute atomic E-state index is 0.148. The van der Waals surface area contributed by atoms with Crippen LogP contribution in [0.4, 0.5) is 0 Å². The maximum Gasteiger partial charge on any atom is 0.0588 e. The molecule has 1 nitrogen and oxygen atoms in total. The molecule has 0 aromatic carbocycles. The van der Waals surface area contributed by atoms with Crippen LogP contribution in [0.1, 0.15) is 47.5 Å². The minimum atomic E-state index is -0.148. The van der Waals surface area contributed by atoms with Crippen molar-refractivity contribution in [3.05, 3.63) is 11.6 Å². The third-order valence-corrected chi connectivity index (χ3v) is 2.44. The molecule has 0 aromatic heterocycles. The van der Waals surface area contributed by atoms with E-state index in [0.29, 0.717) is 11.8 Å². The fourth-order valence-electron chi connectivity index (χ4n) is 1.46. The lowest BCUT2D eigenvalue weighted by Crippen LogP contribution is -2.23. The predicted octanol–water partition coefficient (Wildman–Crippen LogP) is 3.39. The van der Waals surface area contributed by atoms with Crippen LogP contribution in [0.2, 0.25) is 0 Å². The van der Waals surface area contributed by atoms with Crippen LogP contribution >= 0.6 is 0 Å². The first-order chi connectivity index (χ1) is 5.95. The average Bonchev–Trinajstić information content (AvgIpc) is 2.02. The summed E-state index contributed by atoms with van der Waals surface area (Å²) in [6.07, 6.45) is 4.27. The Bertz CT molecular complexity index is 155. The Balaban J connectivity index is 3.74. The Morgan fingerprint density at radius 1 is 1.23 bits per heavy atom. The molecule has 0 aliphatic heterocycles. The topological polar surface area (TPSA) is 20.2 Å². The van der Waals surface area contributed by atoms with Crippen molar-refractivity contribution in [1.29, 1.82) is 0 Å². The molecular weight excluding hydrogens is 160 g/mol. The van der Waals surface area contributed by atoms with E-state index >= 15 is 0 Å². The third kappa shape index (κ3) is 5.87. The van der Waals surface area contributed by atoms with Gasteiger partial charge in [0.25, 0.3) is 0 Å². The molecule has 0 heterocycles. The summed E-state index contributed by atoms with van der Waals surface area (Å²) in [5, 5.41) is 9.74. The van der Waals surface area contributed by atoms with Crippen molar-refractivity contribution in [2.75, 3.05) is 0 Å². The van der Waals surface area contributed by atoms with Crippen molar-refractivity contribution in [2.45, 2.75) is 53.6 Å². The summed E-state index contributed by atoms with van der Waals surface area (Å²) < 4.78 is 0. The number of aliphatic hydroxyl groups is 1. The van der Waals surface area contributed by atoms with Crippen LogP contribution in [0.25, 0.3) is 0 Å². The molecule has 2 atom stereocenters. The number of hydrogen-bond acceptors (Lipinski definition) is 1. The molecule has 1 N–H and O–H groups in total. The lowest BCUT2D eigenvalue weighted by Gasteiger charge is -2.21. The van der Waals surface area contributed by atoms with Gasteiger partial charge in [0.1, 0.15) is 0 Å². The van der Waals surface area contributed by atoms with Crippen molar-refractivity contribution in [1.82, 2.24) is 0 Å². The highest BCUT2D eigenvalue weighted by atomic mass is 16.3. The quantitative estimate of drug-likeness (QED) is 0.649. The lowest BCUT2D eigenvalue weighted by molar-refractivity contribution is 0.0689. The predicted molar refractivity (Wildman–Crippen MR) is 58.7 cm³/mol. The highest BCUT2D eigenvalue weighted by Gasteiger charge is 2.16. The first-order valence-electron chi connectivity index (χ1n) is 5.26. The van der Waals surface area contributed by atoms with Gasteiger partial charge in [0.15, 0.2) is 0 Å². The zero-order valence-corrected chi connectivity index (χ0v) is 9.67. The van der Waals surface area contributed by atoms with Gasteiger partial charge in [-0.3, -0.25) is 0 Å². The van der Waals surface area contributed by atoms with Crippen LogP contribution in [0.3, 0.4) is 0 Å². The second-order valence-corrected chi connectivity index (χ2v) is 4.57. The van der Waals surface area contributed by atoms with Crippen LogP contribution in [-0.2, 0) is 0 Å². The molecule has 0 unspecified atom stereocenters. The Morgan fingerprint density at radius 2 is 1.77 bits per heavy atom. The molecule has 0 aliphatic rings. The second kappa shape index (κ2) is 6.20. The van der Waals surface area contributed by atoms with Gasteiger partial charge >= 0.3 is 0 Å². The molecule has 0 amide bonds. The van der Waals surface area contributed by atoms with Gasteiger partial charge < -0.3 is 5.11 Å². The van der Waals surface area contributed by atoms with Crippen molar-refractivity contribution >= 4 is 0 Å². The van der Waals surface area contributed by atoms with E-state index in [0.717, 1.165) is 12.8 Å². The van der Waals surface area contributed by atoms with Gasteiger partial charge in [0.05, 0.1) is 6.10 Å². The molecule has 0 radical (unpaired) electrons. The first-order valence-corrected chi connectivity index (χ1v) is 5.26.